The topological polar surface area (TPSA) is 38.3 Å². The lowest BCUT2D eigenvalue weighted by atomic mass is 10.2. The van der Waals surface area contributed by atoms with Crippen LogP contribution in [0, 0.1) is 13.8 Å². The summed E-state index contributed by atoms with van der Waals surface area (Å²) >= 11 is 1.67. The highest BCUT2D eigenvalue weighted by Gasteiger charge is 2.07. The first-order chi connectivity index (χ1) is 9.60. The van der Waals surface area contributed by atoms with Gasteiger partial charge in [-0.1, -0.05) is 18.2 Å². The molecule has 1 amide bonds. The van der Waals surface area contributed by atoms with E-state index in [0.717, 1.165) is 16.8 Å². The van der Waals surface area contributed by atoms with Crippen LogP contribution in [0.2, 0.25) is 0 Å². The SMILES string of the molecule is CSc1ccc(OC(=O)Nc2ccccc2C)cc1C. The molecule has 2 aromatic rings. The van der Waals surface area contributed by atoms with Gasteiger partial charge in [-0.2, -0.15) is 0 Å². The van der Waals surface area contributed by atoms with Crippen molar-refractivity contribution in [2.75, 3.05) is 11.6 Å². The van der Waals surface area contributed by atoms with Gasteiger partial charge in [0, 0.05) is 10.6 Å². The molecule has 0 heterocycles. The molecule has 0 aliphatic heterocycles. The van der Waals surface area contributed by atoms with E-state index >= 15 is 0 Å². The number of nitrogens with one attached hydrogen (secondary N) is 1. The van der Waals surface area contributed by atoms with Gasteiger partial charge < -0.3 is 4.74 Å². The van der Waals surface area contributed by atoms with Gasteiger partial charge >= 0.3 is 6.09 Å². The molecule has 0 aliphatic rings. The number of carbonyl (C=O) groups excluding carboxylic acids is 1. The maximum absolute atomic E-state index is 11.9. The Morgan fingerprint density at radius 2 is 1.85 bits per heavy atom. The summed E-state index contributed by atoms with van der Waals surface area (Å²) in [4.78, 5) is 13.0. The van der Waals surface area contributed by atoms with Crippen LogP contribution in [0.4, 0.5) is 10.5 Å². The van der Waals surface area contributed by atoms with Crippen molar-refractivity contribution in [3.05, 3.63) is 53.6 Å². The number of ether oxygens (including phenoxy) is 1. The normalized spacial score (nSPS) is 10.2. The lowest BCUT2D eigenvalue weighted by Crippen LogP contribution is -2.17. The molecular weight excluding hydrogens is 270 g/mol. The van der Waals surface area contributed by atoms with E-state index in [1.165, 1.54) is 4.90 Å². The molecule has 0 radical (unpaired) electrons. The van der Waals surface area contributed by atoms with Gasteiger partial charge in [0.25, 0.3) is 0 Å². The molecule has 0 spiro atoms. The summed E-state index contributed by atoms with van der Waals surface area (Å²) in [5.74, 6) is 0.548. The monoisotopic (exact) mass is 287 g/mol. The van der Waals surface area contributed by atoms with Crippen molar-refractivity contribution in [2.24, 2.45) is 0 Å². The van der Waals surface area contributed by atoms with Gasteiger partial charge in [0.1, 0.15) is 5.75 Å². The molecule has 104 valence electrons. The highest BCUT2D eigenvalue weighted by atomic mass is 32.2. The Bertz CT molecular complexity index is 626. The number of para-hydroxylation sites is 1. The van der Waals surface area contributed by atoms with Crippen LogP contribution in [0.5, 0.6) is 5.75 Å². The molecule has 0 aliphatic carbocycles. The Balaban J connectivity index is 2.05. The minimum absolute atomic E-state index is 0.476. The summed E-state index contributed by atoms with van der Waals surface area (Å²) < 4.78 is 5.29. The Labute approximate surface area is 123 Å². The van der Waals surface area contributed by atoms with E-state index in [2.05, 4.69) is 5.32 Å². The number of aryl methyl sites for hydroxylation is 2. The molecule has 20 heavy (non-hydrogen) atoms. The fourth-order valence-electron chi connectivity index (χ4n) is 1.87. The van der Waals surface area contributed by atoms with Gasteiger partial charge in [-0.25, -0.2) is 4.79 Å². The Morgan fingerprint density at radius 1 is 1.10 bits per heavy atom. The summed E-state index contributed by atoms with van der Waals surface area (Å²) in [5, 5.41) is 2.74. The third-order valence-corrected chi connectivity index (χ3v) is 3.86. The predicted molar refractivity (Wildman–Crippen MR) is 83.8 cm³/mol. The number of amides is 1. The summed E-state index contributed by atoms with van der Waals surface area (Å²) in [6.07, 6.45) is 1.55. The smallest absolute Gasteiger partial charge is 0.410 e. The minimum Gasteiger partial charge on any atom is -0.410 e. The van der Waals surface area contributed by atoms with E-state index in [1.54, 1.807) is 17.8 Å². The van der Waals surface area contributed by atoms with Crippen LogP contribution >= 0.6 is 11.8 Å². The van der Waals surface area contributed by atoms with Crippen molar-refractivity contribution in [3.63, 3.8) is 0 Å². The second-order valence-corrected chi connectivity index (χ2v) is 5.31. The first kappa shape index (κ1) is 14.5. The second-order valence-electron chi connectivity index (χ2n) is 4.46. The predicted octanol–water partition coefficient (Wildman–Crippen LogP) is 4.64. The molecule has 0 aromatic heterocycles. The number of hydrogen-bond donors (Lipinski definition) is 1. The van der Waals surface area contributed by atoms with E-state index in [-0.39, 0.29) is 0 Å². The van der Waals surface area contributed by atoms with Crippen molar-refractivity contribution < 1.29 is 9.53 Å². The lowest BCUT2D eigenvalue weighted by Gasteiger charge is -2.10. The van der Waals surface area contributed by atoms with Gasteiger partial charge in [-0.3, -0.25) is 5.32 Å². The third kappa shape index (κ3) is 3.54. The zero-order chi connectivity index (χ0) is 14.5. The molecule has 4 heteroatoms. The molecular formula is C16H17NO2S. The standard InChI is InChI=1S/C16H17NO2S/c1-11-6-4-5-7-14(11)17-16(18)19-13-8-9-15(20-3)12(2)10-13/h4-10H,1-3H3,(H,17,18). The fraction of sp³-hybridized carbons (Fsp3) is 0.188. The van der Waals surface area contributed by atoms with Crippen LogP contribution in [0.3, 0.4) is 0 Å². The van der Waals surface area contributed by atoms with E-state index in [9.17, 15) is 4.79 Å². The van der Waals surface area contributed by atoms with Gasteiger partial charge in [0.15, 0.2) is 0 Å². The molecule has 0 saturated heterocycles. The molecule has 2 rings (SSSR count). The molecule has 0 atom stereocenters. The van der Waals surface area contributed by atoms with Crippen molar-refractivity contribution >= 4 is 23.5 Å². The van der Waals surface area contributed by atoms with Crippen molar-refractivity contribution in [1.82, 2.24) is 0 Å². The number of anilines is 1. The molecule has 0 saturated carbocycles. The third-order valence-electron chi connectivity index (χ3n) is 2.96. The van der Waals surface area contributed by atoms with Crippen LogP contribution in [0.1, 0.15) is 11.1 Å². The molecule has 0 bridgehead atoms. The fourth-order valence-corrected chi connectivity index (χ4v) is 2.46. The maximum atomic E-state index is 11.9. The zero-order valence-electron chi connectivity index (χ0n) is 11.8. The maximum Gasteiger partial charge on any atom is 0.417 e. The first-order valence-electron chi connectivity index (χ1n) is 6.29. The van der Waals surface area contributed by atoms with Crippen LogP contribution in [0.25, 0.3) is 0 Å². The van der Waals surface area contributed by atoms with Crippen LogP contribution in [0.15, 0.2) is 47.4 Å². The Kier molecular flexibility index (Phi) is 4.69. The summed E-state index contributed by atoms with van der Waals surface area (Å²) in [5.41, 5.74) is 2.85. The van der Waals surface area contributed by atoms with Crippen LogP contribution in [-0.4, -0.2) is 12.3 Å². The number of rotatable bonds is 3. The van der Waals surface area contributed by atoms with Gasteiger partial charge in [0.05, 0.1) is 0 Å². The number of benzene rings is 2. The number of hydrogen-bond acceptors (Lipinski definition) is 3. The lowest BCUT2D eigenvalue weighted by molar-refractivity contribution is 0.215. The molecule has 1 N–H and O–H groups in total. The van der Waals surface area contributed by atoms with Crippen LogP contribution < -0.4 is 10.1 Å². The molecule has 3 nitrogen and oxygen atoms in total. The van der Waals surface area contributed by atoms with Crippen molar-refractivity contribution in [2.45, 2.75) is 18.7 Å². The quantitative estimate of drug-likeness (QED) is 0.836. The van der Waals surface area contributed by atoms with Crippen LogP contribution in [-0.2, 0) is 0 Å². The highest BCUT2D eigenvalue weighted by Crippen LogP contribution is 2.24. The van der Waals surface area contributed by atoms with E-state index in [1.807, 2.05) is 56.5 Å². The average Bonchev–Trinajstić information content (AvgIpc) is 2.41. The number of carbonyl (C=O) groups is 1. The summed E-state index contributed by atoms with van der Waals surface area (Å²) in [6, 6.07) is 13.2. The van der Waals surface area contributed by atoms with Gasteiger partial charge in [-0.05, 0) is 55.5 Å². The van der Waals surface area contributed by atoms with Gasteiger partial charge in [0.2, 0.25) is 0 Å². The largest absolute Gasteiger partial charge is 0.417 e. The summed E-state index contributed by atoms with van der Waals surface area (Å²) in [6.45, 7) is 3.94. The molecule has 0 unspecified atom stereocenters. The zero-order valence-corrected chi connectivity index (χ0v) is 12.6. The van der Waals surface area contributed by atoms with E-state index < -0.39 is 6.09 Å². The van der Waals surface area contributed by atoms with E-state index in [4.69, 9.17) is 4.74 Å². The van der Waals surface area contributed by atoms with E-state index in [0.29, 0.717) is 5.75 Å². The Morgan fingerprint density at radius 3 is 2.50 bits per heavy atom. The van der Waals surface area contributed by atoms with Gasteiger partial charge in [-0.15, -0.1) is 11.8 Å². The number of thioether (sulfide) groups is 1. The summed E-state index contributed by atoms with van der Waals surface area (Å²) in [7, 11) is 0. The second kappa shape index (κ2) is 6.48. The van der Waals surface area contributed by atoms with Crippen molar-refractivity contribution in [3.8, 4) is 5.75 Å². The average molecular weight is 287 g/mol. The highest BCUT2D eigenvalue weighted by molar-refractivity contribution is 7.98. The van der Waals surface area contributed by atoms with Crippen molar-refractivity contribution in [1.29, 1.82) is 0 Å². The minimum atomic E-state index is -0.476. The first-order valence-corrected chi connectivity index (χ1v) is 7.51. The molecule has 2 aromatic carbocycles. The molecule has 0 fully saturated rings. The Hall–Kier alpha value is -1.94.